The maximum absolute atomic E-state index is 5.87. The second-order valence-electron chi connectivity index (χ2n) is 4.89. The van der Waals surface area contributed by atoms with Gasteiger partial charge in [0.05, 0.1) is 0 Å². The topological polar surface area (TPSA) is 73.1 Å². The van der Waals surface area contributed by atoms with Crippen LogP contribution in [-0.2, 0) is 0 Å². The first kappa shape index (κ1) is 12.1. The first-order chi connectivity index (χ1) is 8.19. The van der Waals surface area contributed by atoms with E-state index in [-0.39, 0.29) is 6.10 Å². The number of nitrogen functional groups attached to an aromatic ring is 1. The number of hydrogen-bond acceptors (Lipinski definition) is 5. The Kier molecular flexibility index (Phi) is 3.78. The van der Waals surface area contributed by atoms with Gasteiger partial charge < -0.3 is 10.2 Å². The Bertz CT molecular complexity index is 371. The zero-order chi connectivity index (χ0) is 12.3. The predicted octanol–water partition coefficient (Wildman–Crippen LogP) is 1.97. The van der Waals surface area contributed by atoms with Crippen molar-refractivity contribution in [3.63, 3.8) is 0 Å². The number of ether oxygens (including phenoxy) is 1. The summed E-state index contributed by atoms with van der Waals surface area (Å²) in [5.41, 5.74) is 2.49. The molecule has 1 aliphatic carbocycles. The number of anilines is 1. The fourth-order valence-corrected chi connectivity index (χ4v) is 2.26. The molecule has 3 atom stereocenters. The van der Waals surface area contributed by atoms with Gasteiger partial charge in [0.2, 0.25) is 5.88 Å². The molecule has 5 nitrogen and oxygen atoms in total. The molecule has 17 heavy (non-hydrogen) atoms. The van der Waals surface area contributed by atoms with Gasteiger partial charge in [-0.2, -0.15) is 0 Å². The SMILES string of the molecule is CC1CCC(Oc2cc(NN)ncn2)CC1C. The Morgan fingerprint density at radius 1 is 1.29 bits per heavy atom. The van der Waals surface area contributed by atoms with Gasteiger partial charge in [-0.25, -0.2) is 15.8 Å². The molecule has 0 aliphatic heterocycles. The van der Waals surface area contributed by atoms with E-state index < -0.39 is 0 Å². The number of nitrogens with zero attached hydrogens (tertiary/aromatic N) is 2. The van der Waals surface area contributed by atoms with Gasteiger partial charge in [-0.15, -0.1) is 0 Å². The third kappa shape index (κ3) is 3.06. The first-order valence-corrected chi connectivity index (χ1v) is 6.14. The number of nitrogens with two attached hydrogens (primary N) is 1. The van der Waals surface area contributed by atoms with Crippen molar-refractivity contribution < 1.29 is 4.74 Å². The monoisotopic (exact) mass is 236 g/mol. The molecule has 1 saturated carbocycles. The molecule has 3 N–H and O–H groups in total. The number of nitrogens with one attached hydrogen (secondary N) is 1. The molecule has 94 valence electrons. The van der Waals surface area contributed by atoms with E-state index in [1.54, 1.807) is 6.07 Å². The van der Waals surface area contributed by atoms with Gasteiger partial charge in [0.15, 0.2) is 0 Å². The van der Waals surface area contributed by atoms with E-state index in [0.29, 0.717) is 17.6 Å². The molecule has 2 rings (SSSR count). The molecule has 0 aromatic carbocycles. The number of hydrazine groups is 1. The van der Waals surface area contributed by atoms with Gasteiger partial charge in [0.25, 0.3) is 0 Å². The van der Waals surface area contributed by atoms with Gasteiger partial charge in [-0.1, -0.05) is 13.8 Å². The van der Waals surface area contributed by atoms with E-state index in [4.69, 9.17) is 10.6 Å². The lowest BCUT2D eigenvalue weighted by Crippen LogP contribution is -2.29. The van der Waals surface area contributed by atoms with E-state index in [2.05, 4.69) is 29.2 Å². The van der Waals surface area contributed by atoms with Crippen molar-refractivity contribution in [2.24, 2.45) is 17.7 Å². The number of rotatable bonds is 3. The third-order valence-corrected chi connectivity index (χ3v) is 3.63. The molecule has 0 radical (unpaired) electrons. The van der Waals surface area contributed by atoms with E-state index >= 15 is 0 Å². The summed E-state index contributed by atoms with van der Waals surface area (Å²) in [6.07, 6.45) is 5.14. The standard InChI is InChI=1S/C12H20N4O/c1-8-3-4-10(5-9(8)2)17-12-6-11(16-13)14-7-15-12/h6-10H,3-5,13H2,1-2H3,(H,14,15,16). The van der Waals surface area contributed by atoms with Crippen LogP contribution in [-0.4, -0.2) is 16.1 Å². The molecule has 0 amide bonds. The second kappa shape index (κ2) is 5.31. The normalized spacial score (nSPS) is 28.8. The van der Waals surface area contributed by atoms with E-state index in [1.165, 1.54) is 12.7 Å². The van der Waals surface area contributed by atoms with Crippen molar-refractivity contribution in [3.8, 4) is 5.88 Å². The van der Waals surface area contributed by atoms with Gasteiger partial charge >= 0.3 is 0 Å². The van der Waals surface area contributed by atoms with Crippen LogP contribution in [0.3, 0.4) is 0 Å². The molecule has 1 aliphatic rings. The molecule has 1 aromatic rings. The van der Waals surface area contributed by atoms with Crippen molar-refractivity contribution in [3.05, 3.63) is 12.4 Å². The predicted molar refractivity (Wildman–Crippen MR) is 66.4 cm³/mol. The zero-order valence-corrected chi connectivity index (χ0v) is 10.4. The van der Waals surface area contributed by atoms with Crippen LogP contribution in [0.25, 0.3) is 0 Å². The summed E-state index contributed by atoms with van der Waals surface area (Å²) < 4.78 is 5.87. The minimum atomic E-state index is 0.265. The smallest absolute Gasteiger partial charge is 0.218 e. The first-order valence-electron chi connectivity index (χ1n) is 6.14. The highest BCUT2D eigenvalue weighted by Crippen LogP contribution is 2.31. The Morgan fingerprint density at radius 2 is 2.12 bits per heavy atom. The lowest BCUT2D eigenvalue weighted by Gasteiger charge is -2.31. The van der Waals surface area contributed by atoms with Crippen molar-refractivity contribution in [1.29, 1.82) is 0 Å². The quantitative estimate of drug-likeness (QED) is 0.620. The summed E-state index contributed by atoms with van der Waals surface area (Å²) in [6.45, 7) is 4.59. The summed E-state index contributed by atoms with van der Waals surface area (Å²) in [7, 11) is 0. The van der Waals surface area contributed by atoms with Crippen LogP contribution in [0.4, 0.5) is 5.82 Å². The maximum atomic E-state index is 5.87. The molecule has 3 unspecified atom stereocenters. The van der Waals surface area contributed by atoms with Crippen LogP contribution >= 0.6 is 0 Å². The zero-order valence-electron chi connectivity index (χ0n) is 10.4. The van der Waals surface area contributed by atoms with Crippen LogP contribution in [0.5, 0.6) is 5.88 Å². The van der Waals surface area contributed by atoms with Crippen molar-refractivity contribution in [2.75, 3.05) is 5.43 Å². The molecular formula is C12H20N4O. The average Bonchev–Trinajstić information content (AvgIpc) is 2.34. The minimum absolute atomic E-state index is 0.265. The largest absolute Gasteiger partial charge is 0.474 e. The molecule has 0 saturated heterocycles. The van der Waals surface area contributed by atoms with Crippen molar-refractivity contribution >= 4 is 5.82 Å². The number of hydrogen-bond donors (Lipinski definition) is 2. The molecular weight excluding hydrogens is 216 g/mol. The maximum Gasteiger partial charge on any atom is 0.218 e. The molecule has 1 heterocycles. The third-order valence-electron chi connectivity index (χ3n) is 3.63. The van der Waals surface area contributed by atoms with Crippen LogP contribution in [0.1, 0.15) is 33.1 Å². The van der Waals surface area contributed by atoms with E-state index in [0.717, 1.165) is 18.8 Å². The Labute approximate surface area is 102 Å². The molecule has 1 aromatic heterocycles. The Morgan fingerprint density at radius 3 is 2.82 bits per heavy atom. The highest BCUT2D eigenvalue weighted by atomic mass is 16.5. The minimum Gasteiger partial charge on any atom is -0.474 e. The highest BCUT2D eigenvalue weighted by Gasteiger charge is 2.25. The van der Waals surface area contributed by atoms with E-state index in [1.807, 2.05) is 0 Å². The van der Waals surface area contributed by atoms with Crippen molar-refractivity contribution in [1.82, 2.24) is 9.97 Å². The fraction of sp³-hybridized carbons (Fsp3) is 0.667. The van der Waals surface area contributed by atoms with Gasteiger partial charge in [-0.3, -0.25) is 0 Å². The average molecular weight is 236 g/mol. The summed E-state index contributed by atoms with van der Waals surface area (Å²) in [5.74, 6) is 7.97. The van der Waals surface area contributed by atoms with Gasteiger partial charge in [0.1, 0.15) is 18.2 Å². The van der Waals surface area contributed by atoms with Crippen LogP contribution in [0.2, 0.25) is 0 Å². The van der Waals surface area contributed by atoms with Crippen LogP contribution < -0.4 is 16.0 Å². The fourth-order valence-electron chi connectivity index (χ4n) is 2.26. The molecule has 0 spiro atoms. The molecule has 5 heteroatoms. The number of aromatic nitrogens is 2. The Balaban J connectivity index is 1.96. The van der Waals surface area contributed by atoms with E-state index in [9.17, 15) is 0 Å². The lowest BCUT2D eigenvalue weighted by molar-refractivity contribution is 0.0964. The summed E-state index contributed by atoms with van der Waals surface area (Å²) in [6, 6.07) is 1.72. The van der Waals surface area contributed by atoms with Crippen molar-refractivity contribution in [2.45, 2.75) is 39.2 Å². The highest BCUT2D eigenvalue weighted by molar-refractivity contribution is 5.35. The molecule has 0 bridgehead atoms. The summed E-state index contributed by atoms with van der Waals surface area (Å²) in [5, 5.41) is 0. The Hall–Kier alpha value is -1.36. The summed E-state index contributed by atoms with van der Waals surface area (Å²) in [4.78, 5) is 8.05. The van der Waals surface area contributed by atoms with Crippen LogP contribution in [0, 0.1) is 11.8 Å². The van der Waals surface area contributed by atoms with Gasteiger partial charge in [0, 0.05) is 6.07 Å². The lowest BCUT2D eigenvalue weighted by atomic mass is 9.80. The second-order valence-corrected chi connectivity index (χ2v) is 4.89. The van der Waals surface area contributed by atoms with Crippen LogP contribution in [0.15, 0.2) is 12.4 Å². The molecule has 1 fully saturated rings. The van der Waals surface area contributed by atoms with Gasteiger partial charge in [-0.05, 0) is 31.1 Å². The summed E-state index contributed by atoms with van der Waals surface area (Å²) >= 11 is 0.